The van der Waals surface area contributed by atoms with E-state index in [1.807, 2.05) is 6.07 Å². The second-order valence-electron chi connectivity index (χ2n) is 6.67. The van der Waals surface area contributed by atoms with Crippen LogP contribution < -0.4 is 20.7 Å². The molecular formula is C19H28N4O3. The number of nitrogen functional groups attached to an aromatic ring is 1. The van der Waals surface area contributed by atoms with Gasteiger partial charge in [0.15, 0.2) is 0 Å². The van der Waals surface area contributed by atoms with Gasteiger partial charge in [-0.15, -0.1) is 0 Å². The van der Waals surface area contributed by atoms with Gasteiger partial charge in [0.25, 0.3) is 0 Å². The third kappa shape index (κ3) is 4.11. The van der Waals surface area contributed by atoms with Crippen LogP contribution in [-0.4, -0.2) is 63.4 Å². The molecule has 2 aliphatic heterocycles. The fourth-order valence-electron chi connectivity index (χ4n) is 3.69. The molecule has 1 aromatic carbocycles. The zero-order valence-electron chi connectivity index (χ0n) is 15.4. The molecule has 2 saturated heterocycles. The summed E-state index contributed by atoms with van der Waals surface area (Å²) in [4.78, 5) is 16.6. The Morgan fingerprint density at radius 1 is 1.31 bits per heavy atom. The number of anilines is 3. The highest BCUT2D eigenvalue weighted by Gasteiger charge is 2.27. The number of amides is 1. The lowest BCUT2D eigenvalue weighted by atomic mass is 10.1. The average Bonchev–Trinajstić information content (AvgIpc) is 2.69. The van der Waals surface area contributed by atoms with Gasteiger partial charge in [-0.2, -0.15) is 0 Å². The van der Waals surface area contributed by atoms with E-state index in [0.29, 0.717) is 23.2 Å². The minimum Gasteiger partial charge on any atom is -0.495 e. The number of methoxy groups -OCH3 is 1. The van der Waals surface area contributed by atoms with E-state index in [-0.39, 0.29) is 5.91 Å². The first kappa shape index (κ1) is 18.5. The Balaban J connectivity index is 1.75. The van der Waals surface area contributed by atoms with Gasteiger partial charge < -0.3 is 25.4 Å². The molecule has 0 unspecified atom stereocenters. The minimum atomic E-state index is -0.253. The Morgan fingerprint density at radius 3 is 2.62 bits per heavy atom. The van der Waals surface area contributed by atoms with Crippen LogP contribution in [-0.2, 0) is 9.53 Å². The van der Waals surface area contributed by atoms with Gasteiger partial charge >= 0.3 is 0 Å². The molecule has 0 spiro atoms. The maximum absolute atomic E-state index is 11.8. The van der Waals surface area contributed by atoms with E-state index in [1.165, 1.54) is 6.08 Å². The molecule has 26 heavy (non-hydrogen) atoms. The Labute approximate surface area is 154 Å². The lowest BCUT2D eigenvalue weighted by Gasteiger charge is -2.42. The predicted molar refractivity (Wildman–Crippen MR) is 104 cm³/mol. The van der Waals surface area contributed by atoms with Crippen molar-refractivity contribution in [1.29, 1.82) is 0 Å². The molecule has 0 atom stereocenters. The van der Waals surface area contributed by atoms with Crippen LogP contribution in [0.2, 0.25) is 0 Å². The number of carbonyl (C=O) groups is 1. The molecule has 0 radical (unpaired) electrons. The van der Waals surface area contributed by atoms with Crippen molar-refractivity contribution < 1.29 is 14.3 Å². The quantitative estimate of drug-likeness (QED) is 0.615. The van der Waals surface area contributed by atoms with E-state index in [4.69, 9.17) is 15.2 Å². The predicted octanol–water partition coefficient (Wildman–Crippen LogP) is 1.70. The van der Waals surface area contributed by atoms with Crippen molar-refractivity contribution in [2.75, 3.05) is 62.5 Å². The van der Waals surface area contributed by atoms with E-state index in [2.05, 4.69) is 21.7 Å². The van der Waals surface area contributed by atoms with E-state index in [1.54, 1.807) is 13.2 Å². The third-order valence-electron chi connectivity index (χ3n) is 5.15. The van der Waals surface area contributed by atoms with Crippen LogP contribution >= 0.6 is 0 Å². The number of nitrogens with zero attached hydrogens (tertiary/aromatic N) is 2. The van der Waals surface area contributed by atoms with Gasteiger partial charge in [0.05, 0.1) is 24.2 Å². The highest BCUT2D eigenvalue weighted by Crippen LogP contribution is 2.36. The molecular weight excluding hydrogens is 332 g/mol. The summed E-state index contributed by atoms with van der Waals surface area (Å²) in [6, 6.07) is 4.27. The number of carbonyl (C=O) groups excluding carboxylic acids is 1. The van der Waals surface area contributed by atoms with Crippen molar-refractivity contribution in [2.24, 2.45) is 0 Å². The maximum Gasteiger partial charge on any atom is 0.247 e. The molecule has 2 heterocycles. The molecule has 7 nitrogen and oxygen atoms in total. The molecule has 0 saturated carbocycles. The lowest BCUT2D eigenvalue weighted by molar-refractivity contribution is -0.111. The molecule has 142 valence electrons. The molecule has 7 heteroatoms. The molecule has 3 rings (SSSR count). The highest BCUT2D eigenvalue weighted by atomic mass is 16.5. The fraction of sp³-hybridized carbons (Fsp3) is 0.526. The number of benzene rings is 1. The van der Waals surface area contributed by atoms with E-state index in [0.717, 1.165) is 57.9 Å². The minimum absolute atomic E-state index is 0.253. The standard InChI is InChI=1S/C19H28N4O3/c1-3-19(24)21-16-12-15(20)18(25-2)13-17(16)23-8-6-22(7-9-23)14-4-10-26-11-5-14/h3,12-14H,1,4-11,20H2,2H3,(H,21,24). The molecule has 1 aromatic rings. The summed E-state index contributed by atoms with van der Waals surface area (Å²) in [5.41, 5.74) is 8.14. The SMILES string of the molecule is C=CC(=O)Nc1cc(N)c(OC)cc1N1CCN(C2CCOCC2)CC1. The van der Waals surface area contributed by atoms with Crippen molar-refractivity contribution in [2.45, 2.75) is 18.9 Å². The molecule has 0 aromatic heterocycles. The molecule has 3 N–H and O–H groups in total. The first-order valence-electron chi connectivity index (χ1n) is 9.10. The molecule has 2 aliphatic rings. The second-order valence-corrected chi connectivity index (χ2v) is 6.67. The summed E-state index contributed by atoms with van der Waals surface area (Å²) in [5, 5.41) is 2.86. The van der Waals surface area contributed by atoms with Gasteiger partial charge in [-0.1, -0.05) is 6.58 Å². The fourth-order valence-corrected chi connectivity index (χ4v) is 3.69. The van der Waals surface area contributed by atoms with E-state index >= 15 is 0 Å². The first-order valence-corrected chi connectivity index (χ1v) is 9.10. The first-order chi connectivity index (χ1) is 12.6. The van der Waals surface area contributed by atoms with Gasteiger partial charge in [0.1, 0.15) is 5.75 Å². The van der Waals surface area contributed by atoms with Crippen LogP contribution in [0.5, 0.6) is 5.75 Å². The zero-order chi connectivity index (χ0) is 18.5. The van der Waals surface area contributed by atoms with Crippen molar-refractivity contribution in [3.63, 3.8) is 0 Å². The van der Waals surface area contributed by atoms with Crippen LogP contribution in [0.4, 0.5) is 17.1 Å². The summed E-state index contributed by atoms with van der Waals surface area (Å²) in [7, 11) is 1.60. The van der Waals surface area contributed by atoms with Crippen molar-refractivity contribution in [1.82, 2.24) is 4.90 Å². The monoisotopic (exact) mass is 360 g/mol. The van der Waals surface area contributed by atoms with E-state index < -0.39 is 0 Å². The van der Waals surface area contributed by atoms with Crippen molar-refractivity contribution in [3.8, 4) is 5.75 Å². The molecule has 0 bridgehead atoms. The topological polar surface area (TPSA) is 80.1 Å². The van der Waals surface area contributed by atoms with Crippen LogP contribution in [0.15, 0.2) is 24.8 Å². The van der Waals surface area contributed by atoms with Crippen LogP contribution in [0.25, 0.3) is 0 Å². The number of rotatable bonds is 5. The van der Waals surface area contributed by atoms with Crippen molar-refractivity contribution >= 4 is 23.0 Å². The summed E-state index contributed by atoms with van der Waals surface area (Å²) < 4.78 is 10.8. The maximum atomic E-state index is 11.8. The summed E-state index contributed by atoms with van der Waals surface area (Å²) >= 11 is 0. The van der Waals surface area contributed by atoms with Crippen LogP contribution in [0, 0.1) is 0 Å². The normalized spacial score (nSPS) is 19.2. The third-order valence-corrected chi connectivity index (χ3v) is 5.15. The number of nitrogens with one attached hydrogen (secondary N) is 1. The zero-order valence-corrected chi connectivity index (χ0v) is 15.4. The molecule has 0 aliphatic carbocycles. The lowest BCUT2D eigenvalue weighted by Crippen LogP contribution is -2.51. The number of ether oxygens (including phenoxy) is 2. The van der Waals surface area contributed by atoms with Gasteiger partial charge in [-0.3, -0.25) is 9.69 Å². The Morgan fingerprint density at radius 2 is 2.00 bits per heavy atom. The van der Waals surface area contributed by atoms with Gasteiger partial charge in [-0.05, 0) is 25.0 Å². The summed E-state index contributed by atoms with van der Waals surface area (Å²) in [6.07, 6.45) is 3.47. The average molecular weight is 360 g/mol. The highest BCUT2D eigenvalue weighted by molar-refractivity contribution is 6.02. The van der Waals surface area contributed by atoms with Gasteiger partial charge in [-0.25, -0.2) is 0 Å². The largest absolute Gasteiger partial charge is 0.495 e. The summed E-state index contributed by atoms with van der Waals surface area (Å²) in [6.45, 7) is 9.00. The second kappa shape index (κ2) is 8.42. The number of piperazine rings is 1. The Hall–Kier alpha value is -2.25. The number of hydrogen-bond acceptors (Lipinski definition) is 6. The smallest absolute Gasteiger partial charge is 0.247 e. The van der Waals surface area contributed by atoms with Crippen LogP contribution in [0.3, 0.4) is 0 Å². The Bertz CT molecular complexity index is 650. The van der Waals surface area contributed by atoms with Gasteiger partial charge in [0, 0.05) is 51.5 Å². The number of nitrogens with two attached hydrogens (primary N) is 1. The Kier molecular flexibility index (Phi) is 6.00. The number of hydrogen-bond donors (Lipinski definition) is 2. The van der Waals surface area contributed by atoms with Crippen molar-refractivity contribution in [3.05, 3.63) is 24.8 Å². The molecule has 1 amide bonds. The van der Waals surface area contributed by atoms with E-state index in [9.17, 15) is 4.79 Å². The molecule has 2 fully saturated rings. The summed E-state index contributed by atoms with van der Waals surface area (Å²) in [5.74, 6) is 0.361. The van der Waals surface area contributed by atoms with Gasteiger partial charge in [0.2, 0.25) is 5.91 Å². The van der Waals surface area contributed by atoms with Crippen LogP contribution in [0.1, 0.15) is 12.8 Å².